The summed E-state index contributed by atoms with van der Waals surface area (Å²) in [5.41, 5.74) is -0.226. The Labute approximate surface area is 99.0 Å². The lowest BCUT2D eigenvalue weighted by atomic mass is 9.92. The second-order valence-electron chi connectivity index (χ2n) is 4.43. The average molecular weight is 244 g/mol. The van der Waals surface area contributed by atoms with Crippen molar-refractivity contribution in [2.75, 3.05) is 0 Å². The van der Waals surface area contributed by atoms with Gasteiger partial charge in [-0.1, -0.05) is 38.7 Å². The minimum absolute atomic E-state index is 0.0167. The molecule has 0 aromatic carbocycles. The molecular formula is C13H15F3O. The van der Waals surface area contributed by atoms with Crippen molar-refractivity contribution < 1.29 is 17.9 Å². The third-order valence-corrected chi connectivity index (χ3v) is 2.21. The van der Waals surface area contributed by atoms with Crippen LogP contribution in [-0.2, 0) is 4.74 Å². The molecule has 1 nitrogen and oxygen atoms in total. The van der Waals surface area contributed by atoms with Crippen LogP contribution in [-0.4, -0.2) is 6.18 Å². The first-order chi connectivity index (χ1) is 7.71. The van der Waals surface area contributed by atoms with Gasteiger partial charge in [0.15, 0.2) is 0 Å². The molecule has 0 radical (unpaired) electrons. The van der Waals surface area contributed by atoms with Gasteiger partial charge in [0.1, 0.15) is 5.76 Å². The van der Waals surface area contributed by atoms with Gasteiger partial charge in [-0.25, -0.2) is 0 Å². The lowest BCUT2D eigenvalue weighted by Gasteiger charge is -2.18. The van der Waals surface area contributed by atoms with Gasteiger partial charge >= 0.3 is 6.18 Å². The van der Waals surface area contributed by atoms with E-state index in [1.165, 1.54) is 6.08 Å². The van der Waals surface area contributed by atoms with E-state index in [4.69, 9.17) is 4.74 Å². The fraction of sp³-hybridized carbons (Fsp3) is 0.385. The topological polar surface area (TPSA) is 9.23 Å². The molecule has 1 aliphatic heterocycles. The van der Waals surface area contributed by atoms with E-state index in [9.17, 15) is 13.2 Å². The molecule has 1 rings (SSSR count). The average Bonchev–Trinajstić information content (AvgIpc) is 2.17. The highest BCUT2D eigenvalue weighted by Crippen LogP contribution is 2.30. The fourth-order valence-corrected chi connectivity index (χ4v) is 1.30. The van der Waals surface area contributed by atoms with Crippen LogP contribution in [0.2, 0.25) is 0 Å². The molecular weight excluding hydrogens is 229 g/mol. The molecule has 0 bridgehead atoms. The summed E-state index contributed by atoms with van der Waals surface area (Å²) in [6.07, 6.45) is 3.45. The quantitative estimate of drug-likeness (QED) is 0.570. The maximum atomic E-state index is 12.5. The summed E-state index contributed by atoms with van der Waals surface area (Å²) in [7, 11) is 0. The van der Waals surface area contributed by atoms with Gasteiger partial charge in [0.2, 0.25) is 5.76 Å². The monoisotopic (exact) mass is 244 g/mol. The Hall–Kier alpha value is -1.45. The minimum Gasteiger partial charge on any atom is -0.453 e. The van der Waals surface area contributed by atoms with Gasteiger partial charge in [-0.15, -0.1) is 0 Å². The molecule has 0 saturated heterocycles. The van der Waals surface area contributed by atoms with E-state index < -0.39 is 11.9 Å². The predicted molar refractivity (Wildman–Crippen MR) is 61.0 cm³/mol. The predicted octanol–water partition coefficient (Wildman–Crippen LogP) is 4.51. The molecule has 4 heteroatoms. The summed E-state index contributed by atoms with van der Waals surface area (Å²) in [6.45, 7) is 7.34. The highest BCUT2D eigenvalue weighted by molar-refractivity contribution is 5.20. The first-order valence-electron chi connectivity index (χ1n) is 5.22. The van der Waals surface area contributed by atoms with Crippen LogP contribution in [0.4, 0.5) is 13.2 Å². The summed E-state index contributed by atoms with van der Waals surface area (Å²) >= 11 is 0. The van der Waals surface area contributed by atoms with E-state index in [-0.39, 0.29) is 17.6 Å². The Balaban J connectivity index is 3.01. The SMILES string of the molecule is C=C1/C=C\C(C)(C)/C=C\C/C=C(/C(F)(F)F)O1. The van der Waals surface area contributed by atoms with E-state index in [1.807, 2.05) is 19.9 Å². The third-order valence-electron chi connectivity index (χ3n) is 2.21. The van der Waals surface area contributed by atoms with Crippen molar-refractivity contribution in [2.24, 2.45) is 5.41 Å². The lowest BCUT2D eigenvalue weighted by Crippen LogP contribution is -2.14. The maximum absolute atomic E-state index is 12.5. The van der Waals surface area contributed by atoms with E-state index in [2.05, 4.69) is 6.58 Å². The summed E-state index contributed by atoms with van der Waals surface area (Å²) in [5, 5.41) is 0. The standard InChI is InChI=1S/C13H15F3O/c1-10-7-9-12(2,3)8-5-4-6-11(17-10)13(14,15)16/h5-9H,1,4H2,2-3H3/b8-5-,9-7-,11-6-. The first-order valence-corrected chi connectivity index (χ1v) is 5.22. The van der Waals surface area contributed by atoms with Crippen LogP contribution >= 0.6 is 0 Å². The van der Waals surface area contributed by atoms with Crippen LogP contribution in [0.25, 0.3) is 0 Å². The second-order valence-corrected chi connectivity index (χ2v) is 4.43. The molecule has 0 amide bonds. The summed E-state index contributed by atoms with van der Waals surface area (Å²) in [5.74, 6) is -1.03. The Morgan fingerprint density at radius 2 is 1.94 bits per heavy atom. The van der Waals surface area contributed by atoms with Crippen molar-refractivity contribution in [3.63, 3.8) is 0 Å². The van der Waals surface area contributed by atoms with Crippen LogP contribution in [0.5, 0.6) is 0 Å². The number of hydrogen-bond acceptors (Lipinski definition) is 1. The van der Waals surface area contributed by atoms with Crippen molar-refractivity contribution >= 4 is 0 Å². The van der Waals surface area contributed by atoms with Crippen molar-refractivity contribution in [1.29, 1.82) is 0 Å². The number of alkyl halides is 3. The summed E-state index contributed by atoms with van der Waals surface area (Å²) < 4.78 is 42.3. The zero-order valence-corrected chi connectivity index (χ0v) is 9.84. The lowest BCUT2D eigenvalue weighted by molar-refractivity contribution is -0.123. The van der Waals surface area contributed by atoms with Gasteiger partial charge in [0, 0.05) is 5.41 Å². The molecule has 0 spiro atoms. The zero-order valence-electron chi connectivity index (χ0n) is 9.84. The Kier molecular flexibility index (Phi) is 3.86. The molecule has 0 aromatic rings. The van der Waals surface area contributed by atoms with Crippen molar-refractivity contribution in [3.8, 4) is 0 Å². The third kappa shape index (κ3) is 4.51. The first kappa shape index (κ1) is 13.6. The van der Waals surface area contributed by atoms with Crippen molar-refractivity contribution in [2.45, 2.75) is 26.4 Å². The Morgan fingerprint density at radius 1 is 1.29 bits per heavy atom. The largest absolute Gasteiger partial charge is 0.453 e. The summed E-state index contributed by atoms with van der Waals surface area (Å²) in [4.78, 5) is 0. The van der Waals surface area contributed by atoms with Gasteiger partial charge in [0.25, 0.3) is 0 Å². The van der Waals surface area contributed by atoms with Crippen LogP contribution < -0.4 is 0 Å². The summed E-state index contributed by atoms with van der Waals surface area (Å²) in [6, 6.07) is 0. The van der Waals surface area contributed by atoms with Gasteiger partial charge in [-0.3, -0.25) is 0 Å². The van der Waals surface area contributed by atoms with Crippen molar-refractivity contribution in [3.05, 3.63) is 48.5 Å². The molecule has 1 aliphatic rings. The van der Waals surface area contributed by atoms with E-state index in [0.717, 1.165) is 6.08 Å². The fourth-order valence-electron chi connectivity index (χ4n) is 1.30. The molecule has 0 aliphatic carbocycles. The molecule has 0 N–H and O–H groups in total. The van der Waals surface area contributed by atoms with Crippen molar-refractivity contribution in [1.82, 2.24) is 0 Å². The molecule has 17 heavy (non-hydrogen) atoms. The molecule has 0 unspecified atom stereocenters. The van der Waals surface area contributed by atoms with Gasteiger partial charge in [0.05, 0.1) is 0 Å². The highest BCUT2D eigenvalue weighted by atomic mass is 19.4. The van der Waals surface area contributed by atoms with E-state index in [0.29, 0.717) is 0 Å². The van der Waals surface area contributed by atoms with E-state index in [1.54, 1.807) is 12.2 Å². The molecule has 94 valence electrons. The Bertz CT molecular complexity index is 384. The van der Waals surface area contributed by atoms with Gasteiger partial charge in [-0.2, -0.15) is 13.2 Å². The number of rotatable bonds is 0. The van der Waals surface area contributed by atoms with Crippen LogP contribution in [0, 0.1) is 5.41 Å². The number of allylic oxidation sites excluding steroid dienone is 6. The highest BCUT2D eigenvalue weighted by Gasteiger charge is 2.36. The normalized spacial score (nSPS) is 27.6. The number of halogens is 3. The maximum Gasteiger partial charge on any atom is 0.449 e. The molecule has 0 atom stereocenters. The molecule has 0 saturated carbocycles. The van der Waals surface area contributed by atoms with Gasteiger partial charge in [-0.05, 0) is 18.6 Å². The van der Waals surface area contributed by atoms with Crippen LogP contribution in [0.15, 0.2) is 48.5 Å². The smallest absolute Gasteiger partial charge is 0.449 e. The second kappa shape index (κ2) is 4.82. The number of ether oxygens (including phenoxy) is 1. The molecule has 1 heterocycles. The van der Waals surface area contributed by atoms with Crippen LogP contribution in [0.3, 0.4) is 0 Å². The minimum atomic E-state index is -4.49. The molecule has 0 fully saturated rings. The number of hydrogen-bond donors (Lipinski definition) is 0. The zero-order chi connectivity index (χ0) is 13.1. The van der Waals surface area contributed by atoms with Crippen LogP contribution in [0.1, 0.15) is 20.3 Å². The Morgan fingerprint density at radius 3 is 2.53 bits per heavy atom. The molecule has 0 aromatic heterocycles. The van der Waals surface area contributed by atoms with Gasteiger partial charge < -0.3 is 4.74 Å². The van der Waals surface area contributed by atoms with E-state index >= 15 is 0 Å².